The molecular weight excluding hydrogens is 392 g/mol. The monoisotopic (exact) mass is 420 g/mol. The third-order valence-electron chi connectivity index (χ3n) is 5.58. The number of ether oxygens (including phenoxy) is 2. The summed E-state index contributed by atoms with van der Waals surface area (Å²) in [5.41, 5.74) is 4.61. The minimum Gasteiger partial charge on any atom is -0.483 e. The van der Waals surface area contributed by atoms with Crippen molar-refractivity contribution < 1.29 is 19.4 Å². The van der Waals surface area contributed by atoms with Gasteiger partial charge in [0.25, 0.3) is 5.91 Å². The molecule has 1 aromatic heterocycles. The van der Waals surface area contributed by atoms with Crippen molar-refractivity contribution in [3.05, 3.63) is 59.7 Å². The van der Waals surface area contributed by atoms with E-state index in [1.807, 2.05) is 48.5 Å². The van der Waals surface area contributed by atoms with E-state index in [1.54, 1.807) is 0 Å². The topological polar surface area (TPSA) is 80.7 Å². The van der Waals surface area contributed by atoms with Crippen LogP contribution in [0.5, 0.6) is 5.75 Å². The third kappa shape index (κ3) is 5.03. The average Bonchev–Trinajstić information content (AvgIpc) is 3.31. The molecule has 0 spiro atoms. The fourth-order valence-corrected chi connectivity index (χ4v) is 3.97. The molecule has 2 heterocycles. The first-order valence-corrected chi connectivity index (χ1v) is 10.8. The molecule has 1 atom stereocenters. The third-order valence-corrected chi connectivity index (χ3v) is 5.58. The van der Waals surface area contributed by atoms with E-state index in [9.17, 15) is 9.90 Å². The quantitative estimate of drug-likeness (QED) is 0.584. The lowest BCUT2D eigenvalue weighted by Gasteiger charge is -2.14. The maximum absolute atomic E-state index is 12.2. The van der Waals surface area contributed by atoms with Crippen molar-refractivity contribution in [2.45, 2.75) is 32.3 Å². The predicted octanol–water partition coefficient (Wildman–Crippen LogP) is 3.42. The van der Waals surface area contributed by atoms with E-state index >= 15 is 0 Å². The van der Waals surface area contributed by atoms with Gasteiger partial charge in [0.2, 0.25) is 0 Å². The molecule has 2 N–H and O–H groups in total. The predicted molar refractivity (Wildman–Crippen MR) is 120 cm³/mol. The summed E-state index contributed by atoms with van der Waals surface area (Å²) in [5.74, 6) is 0.443. The Balaban J connectivity index is 1.54. The van der Waals surface area contributed by atoms with Gasteiger partial charge in [0.15, 0.2) is 6.61 Å². The number of hydrogen-bond donors (Lipinski definition) is 2. The van der Waals surface area contributed by atoms with E-state index in [2.05, 4.69) is 12.2 Å². The molecule has 4 rings (SSSR count). The van der Waals surface area contributed by atoms with Gasteiger partial charge in [-0.1, -0.05) is 30.3 Å². The molecule has 0 bridgehead atoms. The van der Waals surface area contributed by atoms with Gasteiger partial charge >= 0.3 is 0 Å². The lowest BCUT2D eigenvalue weighted by atomic mass is 10.0. The molecular formula is C25H28N2O4. The van der Waals surface area contributed by atoms with Gasteiger partial charge in [0.1, 0.15) is 5.75 Å². The molecule has 1 aliphatic rings. The van der Waals surface area contributed by atoms with Crippen LogP contribution in [0.2, 0.25) is 0 Å². The molecule has 31 heavy (non-hydrogen) atoms. The van der Waals surface area contributed by atoms with Crippen molar-refractivity contribution in [3.8, 4) is 17.0 Å². The number of hydrogen-bond acceptors (Lipinski definition) is 5. The van der Waals surface area contributed by atoms with Gasteiger partial charge in [0, 0.05) is 30.7 Å². The second kappa shape index (κ2) is 9.90. The van der Waals surface area contributed by atoms with Crippen molar-refractivity contribution in [2.24, 2.45) is 0 Å². The fourth-order valence-electron chi connectivity index (χ4n) is 3.97. The highest BCUT2D eigenvalue weighted by Crippen LogP contribution is 2.32. The Bertz CT molecular complexity index is 1060. The van der Waals surface area contributed by atoms with Crippen molar-refractivity contribution in [1.29, 1.82) is 0 Å². The molecule has 1 unspecified atom stereocenters. The number of nitrogens with zero attached hydrogens (tertiary/aromatic N) is 1. The summed E-state index contributed by atoms with van der Waals surface area (Å²) in [7, 11) is 0. The van der Waals surface area contributed by atoms with Crippen LogP contribution in [0, 0.1) is 6.92 Å². The van der Waals surface area contributed by atoms with Crippen LogP contribution in [-0.2, 0) is 16.0 Å². The summed E-state index contributed by atoms with van der Waals surface area (Å²) in [4.78, 5) is 17.1. The number of para-hydroxylation sites is 2. The van der Waals surface area contributed by atoms with Gasteiger partial charge in [-0.05, 0) is 55.5 Å². The number of carbonyl (C=O) groups is 1. The van der Waals surface area contributed by atoms with Gasteiger partial charge in [-0.25, -0.2) is 4.98 Å². The molecule has 3 aromatic rings. The minimum absolute atomic E-state index is 0.0634. The Labute approximate surface area is 182 Å². The van der Waals surface area contributed by atoms with Crippen LogP contribution in [0.4, 0.5) is 0 Å². The number of carbonyl (C=O) groups excluding carboxylic acids is 1. The van der Waals surface area contributed by atoms with Crippen LogP contribution in [0.15, 0.2) is 48.5 Å². The average molecular weight is 421 g/mol. The maximum Gasteiger partial charge on any atom is 0.258 e. The smallest absolute Gasteiger partial charge is 0.258 e. The van der Waals surface area contributed by atoms with Gasteiger partial charge in [-0.3, -0.25) is 4.79 Å². The van der Waals surface area contributed by atoms with Crippen molar-refractivity contribution in [1.82, 2.24) is 10.3 Å². The Morgan fingerprint density at radius 1 is 1.26 bits per heavy atom. The lowest BCUT2D eigenvalue weighted by molar-refractivity contribution is -0.123. The number of amides is 1. The first kappa shape index (κ1) is 21.3. The number of aryl methyl sites for hydroxylation is 1. The summed E-state index contributed by atoms with van der Waals surface area (Å²) in [6.45, 7) is 3.35. The van der Waals surface area contributed by atoms with Crippen LogP contribution >= 0.6 is 0 Å². The summed E-state index contributed by atoms with van der Waals surface area (Å²) in [6, 6.07) is 15.7. The summed E-state index contributed by atoms with van der Waals surface area (Å²) >= 11 is 0. The molecule has 6 nitrogen and oxygen atoms in total. The largest absolute Gasteiger partial charge is 0.483 e. The summed E-state index contributed by atoms with van der Waals surface area (Å²) in [5, 5.41) is 13.4. The molecule has 0 saturated carbocycles. The zero-order valence-corrected chi connectivity index (χ0v) is 17.8. The molecule has 2 aromatic carbocycles. The zero-order chi connectivity index (χ0) is 21.6. The van der Waals surface area contributed by atoms with Crippen molar-refractivity contribution in [3.63, 3.8) is 0 Å². The normalized spacial score (nSPS) is 15.9. The van der Waals surface area contributed by atoms with E-state index in [0.29, 0.717) is 18.7 Å². The molecule has 1 amide bonds. The van der Waals surface area contributed by atoms with Crippen LogP contribution in [-0.4, -0.2) is 48.5 Å². The highest BCUT2D eigenvalue weighted by molar-refractivity contribution is 5.88. The van der Waals surface area contributed by atoms with Gasteiger partial charge in [0.05, 0.1) is 17.3 Å². The molecule has 0 aliphatic carbocycles. The van der Waals surface area contributed by atoms with Crippen LogP contribution in [0.25, 0.3) is 22.2 Å². The van der Waals surface area contributed by atoms with Gasteiger partial charge in [-0.2, -0.15) is 0 Å². The van der Waals surface area contributed by atoms with Crippen molar-refractivity contribution >= 4 is 16.8 Å². The molecule has 0 radical (unpaired) electrons. The Hall–Kier alpha value is -2.96. The van der Waals surface area contributed by atoms with Gasteiger partial charge in [-0.15, -0.1) is 0 Å². The molecule has 6 heteroatoms. The molecule has 1 fully saturated rings. The fraction of sp³-hybridized carbons (Fsp3) is 0.360. The highest BCUT2D eigenvalue weighted by atomic mass is 16.5. The summed E-state index contributed by atoms with van der Waals surface area (Å²) in [6.07, 6.45) is 2.68. The number of aromatic nitrogens is 1. The number of rotatable bonds is 8. The zero-order valence-electron chi connectivity index (χ0n) is 17.8. The maximum atomic E-state index is 12.2. The number of benzene rings is 2. The van der Waals surface area contributed by atoms with Crippen molar-refractivity contribution in [2.75, 3.05) is 26.4 Å². The number of fused-ring (bicyclic) bond motifs is 1. The van der Waals surface area contributed by atoms with Crippen LogP contribution in [0.1, 0.15) is 24.0 Å². The Morgan fingerprint density at radius 3 is 2.94 bits per heavy atom. The first-order valence-electron chi connectivity index (χ1n) is 10.8. The Kier molecular flexibility index (Phi) is 6.79. The minimum atomic E-state index is -0.168. The number of nitrogens with one attached hydrogen (secondary N) is 1. The number of aliphatic hydroxyl groups is 1. The van der Waals surface area contributed by atoms with Crippen LogP contribution < -0.4 is 10.1 Å². The van der Waals surface area contributed by atoms with E-state index in [-0.39, 0.29) is 25.2 Å². The van der Waals surface area contributed by atoms with E-state index in [0.717, 1.165) is 52.7 Å². The second-order valence-corrected chi connectivity index (χ2v) is 7.84. The van der Waals surface area contributed by atoms with E-state index < -0.39 is 0 Å². The SMILES string of the molecule is Cc1cc(-c2ccccc2OCC(=O)NCC2CCCO2)nc2c(CCO)cccc12. The molecule has 1 aliphatic heterocycles. The van der Waals surface area contributed by atoms with E-state index in [1.165, 1.54) is 0 Å². The first-order chi connectivity index (χ1) is 15.2. The summed E-state index contributed by atoms with van der Waals surface area (Å²) < 4.78 is 11.4. The second-order valence-electron chi connectivity index (χ2n) is 7.84. The number of pyridine rings is 1. The van der Waals surface area contributed by atoms with E-state index in [4.69, 9.17) is 14.5 Å². The number of aliphatic hydroxyl groups excluding tert-OH is 1. The highest BCUT2D eigenvalue weighted by Gasteiger charge is 2.17. The molecule has 162 valence electrons. The lowest BCUT2D eigenvalue weighted by Crippen LogP contribution is -2.35. The molecule has 1 saturated heterocycles. The Morgan fingerprint density at radius 2 is 2.13 bits per heavy atom. The standard InChI is InChI=1S/C25H28N2O4/c1-17-14-22(27-25-18(11-12-28)6-4-9-20(17)25)21-8-2-3-10-23(21)31-16-24(29)26-15-19-7-5-13-30-19/h2-4,6,8-10,14,19,28H,5,7,11-13,15-16H2,1H3,(H,26,29). The van der Waals surface area contributed by atoms with Crippen LogP contribution in [0.3, 0.4) is 0 Å². The van der Waals surface area contributed by atoms with Gasteiger partial charge < -0.3 is 19.9 Å².